The Bertz CT molecular complexity index is 372. The highest BCUT2D eigenvalue weighted by atomic mass is 19.1. The van der Waals surface area contributed by atoms with E-state index < -0.39 is 11.6 Å². The Balaban J connectivity index is 2.24. The Kier molecular flexibility index (Phi) is 4.11. The van der Waals surface area contributed by atoms with Gasteiger partial charge in [0.2, 0.25) is 0 Å². The second-order valence-electron chi connectivity index (χ2n) is 4.87. The van der Waals surface area contributed by atoms with E-state index in [1.165, 1.54) is 18.9 Å². The fraction of sp³-hybridized carbons (Fsp3) is 0.571. The highest BCUT2D eigenvalue weighted by Crippen LogP contribution is 2.37. The van der Waals surface area contributed by atoms with Gasteiger partial charge in [-0.2, -0.15) is 0 Å². The van der Waals surface area contributed by atoms with Crippen molar-refractivity contribution in [3.05, 3.63) is 35.4 Å². The minimum atomic E-state index is -0.499. The molecule has 0 radical (unpaired) electrons. The van der Waals surface area contributed by atoms with Crippen molar-refractivity contribution in [2.45, 2.75) is 31.6 Å². The molecule has 94 valence electrons. The van der Waals surface area contributed by atoms with Gasteiger partial charge in [0.1, 0.15) is 11.6 Å². The van der Waals surface area contributed by atoms with Crippen molar-refractivity contribution in [1.29, 1.82) is 0 Å². The molecule has 0 spiro atoms. The van der Waals surface area contributed by atoms with Gasteiger partial charge in [0.25, 0.3) is 0 Å². The summed E-state index contributed by atoms with van der Waals surface area (Å²) >= 11 is 0. The lowest BCUT2D eigenvalue weighted by atomic mass is 9.84. The van der Waals surface area contributed by atoms with Gasteiger partial charge in [-0.3, -0.25) is 0 Å². The van der Waals surface area contributed by atoms with E-state index in [4.69, 9.17) is 0 Å². The highest BCUT2D eigenvalue weighted by molar-refractivity contribution is 5.24. The van der Waals surface area contributed by atoms with Gasteiger partial charge in [0.05, 0.1) is 0 Å². The van der Waals surface area contributed by atoms with Crippen LogP contribution >= 0.6 is 0 Å². The molecule has 1 aromatic carbocycles. The molecule has 1 aliphatic rings. The fourth-order valence-electron chi connectivity index (χ4n) is 2.91. The molecule has 1 nitrogen and oxygen atoms in total. The number of hydrogen-bond donors (Lipinski definition) is 1. The van der Waals surface area contributed by atoms with E-state index >= 15 is 0 Å². The van der Waals surface area contributed by atoms with Crippen LogP contribution in [0.1, 0.15) is 37.2 Å². The Morgan fingerprint density at radius 3 is 2.59 bits per heavy atom. The predicted octanol–water partition coefficient (Wildman–Crippen LogP) is 3.46. The summed E-state index contributed by atoms with van der Waals surface area (Å²) in [6, 6.07) is 3.95. The molecule has 1 saturated carbocycles. The van der Waals surface area contributed by atoms with Gasteiger partial charge < -0.3 is 5.32 Å². The van der Waals surface area contributed by atoms with E-state index in [2.05, 4.69) is 5.32 Å². The van der Waals surface area contributed by atoms with Gasteiger partial charge in [0, 0.05) is 18.5 Å². The van der Waals surface area contributed by atoms with E-state index in [0.29, 0.717) is 11.5 Å². The first-order chi connectivity index (χ1) is 8.22. The van der Waals surface area contributed by atoms with Crippen molar-refractivity contribution in [1.82, 2.24) is 5.32 Å². The van der Waals surface area contributed by atoms with Gasteiger partial charge in [-0.1, -0.05) is 18.9 Å². The normalized spacial score (nSPS) is 18.5. The lowest BCUT2D eigenvalue weighted by Crippen LogP contribution is -2.23. The second kappa shape index (κ2) is 5.58. The second-order valence-corrected chi connectivity index (χ2v) is 4.87. The van der Waals surface area contributed by atoms with E-state index in [0.717, 1.165) is 25.5 Å². The summed E-state index contributed by atoms with van der Waals surface area (Å²) in [5, 5.41) is 3.12. The largest absolute Gasteiger partial charge is 0.319 e. The smallest absolute Gasteiger partial charge is 0.129 e. The SMILES string of the molecule is CNCC(c1ccc(F)cc1F)C1CCCC1. The molecule has 0 bridgehead atoms. The topological polar surface area (TPSA) is 12.0 Å². The van der Waals surface area contributed by atoms with E-state index in [-0.39, 0.29) is 5.92 Å². The zero-order valence-electron chi connectivity index (χ0n) is 10.2. The van der Waals surface area contributed by atoms with Crippen molar-refractivity contribution in [2.75, 3.05) is 13.6 Å². The van der Waals surface area contributed by atoms with Crippen LogP contribution in [0, 0.1) is 17.6 Å². The van der Waals surface area contributed by atoms with Crippen molar-refractivity contribution in [3.8, 4) is 0 Å². The van der Waals surface area contributed by atoms with Crippen molar-refractivity contribution in [3.63, 3.8) is 0 Å². The molecular formula is C14H19F2N. The fourth-order valence-corrected chi connectivity index (χ4v) is 2.91. The maximum Gasteiger partial charge on any atom is 0.129 e. The summed E-state index contributed by atoms with van der Waals surface area (Å²) in [6.45, 7) is 0.757. The average molecular weight is 239 g/mol. The summed E-state index contributed by atoms with van der Waals surface area (Å²) in [4.78, 5) is 0. The van der Waals surface area contributed by atoms with Crippen LogP contribution in [0.4, 0.5) is 8.78 Å². The van der Waals surface area contributed by atoms with Crippen LogP contribution in [0.2, 0.25) is 0 Å². The van der Waals surface area contributed by atoms with Gasteiger partial charge in [-0.15, -0.1) is 0 Å². The molecule has 1 fully saturated rings. The third-order valence-electron chi connectivity index (χ3n) is 3.75. The van der Waals surface area contributed by atoms with Gasteiger partial charge in [-0.05, 0) is 37.4 Å². The van der Waals surface area contributed by atoms with Crippen LogP contribution in [0.15, 0.2) is 18.2 Å². The Hall–Kier alpha value is -0.960. The average Bonchev–Trinajstić information content (AvgIpc) is 2.80. The summed E-state index contributed by atoms with van der Waals surface area (Å²) in [6.07, 6.45) is 4.77. The minimum absolute atomic E-state index is 0.170. The lowest BCUT2D eigenvalue weighted by Gasteiger charge is -2.24. The molecule has 1 aromatic rings. The van der Waals surface area contributed by atoms with Gasteiger partial charge in [-0.25, -0.2) is 8.78 Å². The van der Waals surface area contributed by atoms with Gasteiger partial charge in [0.15, 0.2) is 0 Å². The maximum absolute atomic E-state index is 13.8. The van der Waals surface area contributed by atoms with Crippen LogP contribution in [0.25, 0.3) is 0 Å². The first-order valence-corrected chi connectivity index (χ1v) is 6.32. The molecule has 1 aliphatic carbocycles. The summed E-state index contributed by atoms with van der Waals surface area (Å²) in [7, 11) is 1.88. The van der Waals surface area contributed by atoms with Gasteiger partial charge >= 0.3 is 0 Å². The number of rotatable bonds is 4. The molecular weight excluding hydrogens is 220 g/mol. The molecule has 1 unspecified atom stereocenters. The quantitative estimate of drug-likeness (QED) is 0.848. The van der Waals surface area contributed by atoms with E-state index in [1.807, 2.05) is 7.05 Å². The zero-order valence-corrected chi connectivity index (χ0v) is 10.2. The molecule has 0 heterocycles. The van der Waals surface area contributed by atoms with Crippen molar-refractivity contribution in [2.24, 2.45) is 5.92 Å². The van der Waals surface area contributed by atoms with Crippen molar-refractivity contribution < 1.29 is 8.78 Å². The molecule has 2 rings (SSSR count). The minimum Gasteiger partial charge on any atom is -0.319 e. The molecule has 0 saturated heterocycles. The Morgan fingerprint density at radius 2 is 2.00 bits per heavy atom. The molecule has 3 heteroatoms. The Morgan fingerprint density at radius 1 is 1.29 bits per heavy atom. The zero-order chi connectivity index (χ0) is 12.3. The van der Waals surface area contributed by atoms with Crippen LogP contribution in [-0.4, -0.2) is 13.6 Å². The molecule has 1 atom stereocenters. The number of halogens is 2. The highest BCUT2D eigenvalue weighted by Gasteiger charge is 2.27. The summed E-state index contributed by atoms with van der Waals surface area (Å²) in [5.74, 6) is -0.205. The molecule has 0 aromatic heterocycles. The van der Waals surface area contributed by atoms with Crippen LogP contribution < -0.4 is 5.32 Å². The third kappa shape index (κ3) is 2.83. The number of benzene rings is 1. The first-order valence-electron chi connectivity index (χ1n) is 6.32. The molecule has 0 aliphatic heterocycles. The number of nitrogens with one attached hydrogen (secondary N) is 1. The molecule has 17 heavy (non-hydrogen) atoms. The standard InChI is InChI=1S/C14H19F2N/c1-17-9-13(10-4-2-3-5-10)12-7-6-11(15)8-14(12)16/h6-8,10,13,17H,2-5,9H2,1H3. The number of hydrogen-bond acceptors (Lipinski definition) is 1. The van der Waals surface area contributed by atoms with Crippen LogP contribution in [0.5, 0.6) is 0 Å². The Labute approximate surface area is 101 Å². The molecule has 0 amide bonds. The summed E-state index contributed by atoms with van der Waals surface area (Å²) in [5.41, 5.74) is 0.660. The third-order valence-corrected chi connectivity index (χ3v) is 3.75. The maximum atomic E-state index is 13.8. The predicted molar refractivity (Wildman–Crippen MR) is 65.0 cm³/mol. The summed E-state index contributed by atoms with van der Waals surface area (Å²) < 4.78 is 26.7. The van der Waals surface area contributed by atoms with Crippen LogP contribution in [-0.2, 0) is 0 Å². The monoisotopic (exact) mass is 239 g/mol. The first kappa shape index (κ1) is 12.5. The van der Waals surface area contributed by atoms with Crippen molar-refractivity contribution >= 4 is 0 Å². The van der Waals surface area contributed by atoms with E-state index in [9.17, 15) is 8.78 Å². The lowest BCUT2D eigenvalue weighted by molar-refractivity contribution is 0.406. The molecule has 1 N–H and O–H groups in total. The number of likely N-dealkylation sites (N-methyl/N-ethyl adjacent to an activating group) is 1. The van der Waals surface area contributed by atoms with Crippen LogP contribution in [0.3, 0.4) is 0 Å². The van der Waals surface area contributed by atoms with E-state index in [1.54, 1.807) is 6.07 Å².